The summed E-state index contributed by atoms with van der Waals surface area (Å²) in [5.74, 6) is 0.436. The summed E-state index contributed by atoms with van der Waals surface area (Å²) in [6.07, 6.45) is 2.07. The number of carbonyl (C=O) groups is 2. The summed E-state index contributed by atoms with van der Waals surface area (Å²) in [5, 5.41) is 13.8. The van der Waals surface area contributed by atoms with E-state index in [0.717, 1.165) is 0 Å². The van der Waals surface area contributed by atoms with Gasteiger partial charge in [-0.1, -0.05) is 23.1 Å². The molecule has 0 unspecified atom stereocenters. The molecule has 14 heteroatoms. The zero-order valence-corrected chi connectivity index (χ0v) is 20.8. The lowest BCUT2D eigenvalue weighted by Crippen LogP contribution is -2.40. The number of rotatable bonds is 9. The number of aromatic nitrogens is 2. The number of sulfonamides is 1. The normalized spacial score (nSPS) is 15.1. The highest BCUT2D eigenvalue weighted by Gasteiger charge is 2.29. The number of methoxy groups -OCH3 is 2. The first kappa shape index (κ1) is 25.2. The van der Waals surface area contributed by atoms with Crippen LogP contribution in [0.4, 0.5) is 10.8 Å². The zero-order chi connectivity index (χ0) is 24.0. The number of hydrogen-bond acceptors (Lipinski definition) is 10. The van der Waals surface area contributed by atoms with Crippen molar-refractivity contribution in [1.29, 1.82) is 0 Å². The Hall–Kier alpha value is -2.42. The van der Waals surface area contributed by atoms with Crippen LogP contribution in [0.1, 0.15) is 12.8 Å². The second-order valence-corrected chi connectivity index (χ2v) is 11.4. The van der Waals surface area contributed by atoms with Gasteiger partial charge >= 0.3 is 0 Å². The quantitative estimate of drug-likeness (QED) is 0.378. The van der Waals surface area contributed by atoms with E-state index in [-0.39, 0.29) is 23.5 Å². The van der Waals surface area contributed by atoms with Gasteiger partial charge in [0.25, 0.3) is 0 Å². The average Bonchev–Trinajstić information content (AvgIpc) is 3.24. The first-order valence-electron chi connectivity index (χ1n) is 9.93. The monoisotopic (exact) mass is 515 g/mol. The summed E-state index contributed by atoms with van der Waals surface area (Å²) in [6.45, 7) is 0.642. The van der Waals surface area contributed by atoms with Crippen molar-refractivity contribution in [1.82, 2.24) is 14.5 Å². The Morgan fingerprint density at radius 3 is 2.55 bits per heavy atom. The number of carbonyl (C=O) groups excluding carboxylic acids is 2. The molecular weight excluding hydrogens is 490 g/mol. The van der Waals surface area contributed by atoms with Gasteiger partial charge in [-0.15, -0.1) is 10.2 Å². The van der Waals surface area contributed by atoms with E-state index in [1.807, 2.05) is 0 Å². The minimum absolute atomic E-state index is 0.0902. The van der Waals surface area contributed by atoms with E-state index in [1.54, 1.807) is 18.2 Å². The summed E-state index contributed by atoms with van der Waals surface area (Å²) in [4.78, 5) is 24.8. The lowest BCUT2D eigenvalue weighted by atomic mass is 9.97. The van der Waals surface area contributed by atoms with Crippen LogP contribution in [0.15, 0.2) is 22.5 Å². The van der Waals surface area contributed by atoms with Gasteiger partial charge in [-0.25, -0.2) is 12.7 Å². The van der Waals surface area contributed by atoms with Crippen LogP contribution in [-0.2, 0) is 19.6 Å². The minimum Gasteiger partial charge on any atom is -0.497 e. The molecule has 0 saturated carbocycles. The van der Waals surface area contributed by atoms with E-state index in [4.69, 9.17) is 9.47 Å². The molecule has 2 heterocycles. The second-order valence-electron chi connectivity index (χ2n) is 7.20. The maximum atomic E-state index is 12.5. The zero-order valence-electron chi connectivity index (χ0n) is 18.4. The number of nitrogens with one attached hydrogen (secondary N) is 2. The number of amides is 2. The topological polar surface area (TPSA) is 140 Å². The SMILES string of the molecule is COc1ccc(OC)c(NC(=O)CSc2nnc(NC(=O)C3CCN(S(C)(=O)=O)CC3)s2)c1. The number of nitrogens with zero attached hydrogens (tertiary/aromatic N) is 3. The molecule has 0 aliphatic carbocycles. The van der Waals surface area contributed by atoms with Gasteiger partial charge in [-0.3, -0.25) is 9.59 Å². The molecule has 1 aromatic heterocycles. The van der Waals surface area contributed by atoms with Crippen molar-refractivity contribution in [3.8, 4) is 11.5 Å². The number of thioether (sulfide) groups is 1. The van der Waals surface area contributed by atoms with Crippen LogP contribution in [0.25, 0.3) is 0 Å². The number of anilines is 2. The molecule has 0 atom stereocenters. The van der Waals surface area contributed by atoms with Crippen molar-refractivity contribution < 1.29 is 27.5 Å². The van der Waals surface area contributed by atoms with Crippen molar-refractivity contribution in [3.63, 3.8) is 0 Å². The maximum absolute atomic E-state index is 12.5. The van der Waals surface area contributed by atoms with Gasteiger partial charge in [0.15, 0.2) is 4.34 Å². The predicted molar refractivity (Wildman–Crippen MR) is 127 cm³/mol. The molecular formula is C19H25N5O6S3. The smallest absolute Gasteiger partial charge is 0.234 e. The summed E-state index contributed by atoms with van der Waals surface area (Å²) in [7, 11) is -0.191. The van der Waals surface area contributed by atoms with Gasteiger partial charge < -0.3 is 20.1 Å². The van der Waals surface area contributed by atoms with Gasteiger partial charge in [0, 0.05) is 25.1 Å². The fourth-order valence-electron chi connectivity index (χ4n) is 3.20. The van der Waals surface area contributed by atoms with Crippen molar-refractivity contribution in [3.05, 3.63) is 18.2 Å². The molecule has 1 fully saturated rings. The van der Waals surface area contributed by atoms with Gasteiger partial charge in [0.05, 0.1) is 31.9 Å². The van der Waals surface area contributed by atoms with Crippen LogP contribution in [0.3, 0.4) is 0 Å². The molecule has 0 spiro atoms. The number of hydrogen-bond donors (Lipinski definition) is 2. The average molecular weight is 516 g/mol. The Kier molecular flexibility index (Phi) is 8.51. The van der Waals surface area contributed by atoms with E-state index in [9.17, 15) is 18.0 Å². The molecule has 2 amide bonds. The molecule has 1 aliphatic rings. The molecule has 1 aromatic carbocycles. The number of piperidine rings is 1. The standard InChI is InChI=1S/C19H25N5O6S3/c1-29-13-4-5-15(30-2)14(10-13)20-16(25)11-31-19-23-22-18(32-19)21-17(26)12-6-8-24(9-7-12)33(3,27)28/h4-5,10,12H,6-9,11H2,1-3H3,(H,20,25)(H,21,22,26). The Morgan fingerprint density at radius 1 is 1.18 bits per heavy atom. The molecule has 180 valence electrons. The number of ether oxygens (including phenoxy) is 2. The Balaban J connectivity index is 1.48. The van der Waals surface area contributed by atoms with Crippen LogP contribution in [0, 0.1) is 5.92 Å². The third kappa shape index (κ3) is 7.03. The second kappa shape index (κ2) is 11.1. The molecule has 33 heavy (non-hydrogen) atoms. The first-order chi connectivity index (χ1) is 15.7. The molecule has 2 aromatic rings. The van der Waals surface area contributed by atoms with Crippen molar-refractivity contribution in [2.24, 2.45) is 5.92 Å². The highest BCUT2D eigenvalue weighted by molar-refractivity contribution is 8.01. The summed E-state index contributed by atoms with van der Waals surface area (Å²) in [6, 6.07) is 5.10. The third-order valence-corrected chi connectivity index (χ3v) is 8.21. The van der Waals surface area contributed by atoms with Crippen LogP contribution in [0.5, 0.6) is 11.5 Å². The lowest BCUT2D eigenvalue weighted by Gasteiger charge is -2.29. The van der Waals surface area contributed by atoms with E-state index < -0.39 is 10.0 Å². The molecule has 11 nitrogen and oxygen atoms in total. The van der Waals surface area contributed by atoms with Crippen molar-refractivity contribution in [2.45, 2.75) is 17.2 Å². The maximum Gasteiger partial charge on any atom is 0.234 e. The molecule has 1 saturated heterocycles. The largest absolute Gasteiger partial charge is 0.497 e. The predicted octanol–water partition coefficient (Wildman–Crippen LogP) is 1.90. The van der Waals surface area contributed by atoms with Crippen molar-refractivity contribution in [2.75, 3.05) is 50.0 Å². The fraction of sp³-hybridized carbons (Fsp3) is 0.474. The van der Waals surface area contributed by atoms with Gasteiger partial charge in [0.2, 0.25) is 27.0 Å². The van der Waals surface area contributed by atoms with E-state index in [2.05, 4.69) is 20.8 Å². The first-order valence-corrected chi connectivity index (χ1v) is 13.6. The molecule has 3 rings (SSSR count). The van der Waals surface area contributed by atoms with E-state index in [1.165, 1.54) is 47.9 Å². The minimum atomic E-state index is -3.24. The fourth-order valence-corrected chi connectivity index (χ4v) is 5.63. The van der Waals surface area contributed by atoms with Gasteiger partial charge in [-0.2, -0.15) is 0 Å². The Labute approximate surface area is 200 Å². The van der Waals surface area contributed by atoms with Crippen LogP contribution in [0.2, 0.25) is 0 Å². The summed E-state index contributed by atoms with van der Waals surface area (Å²) < 4.78 is 35.5. The van der Waals surface area contributed by atoms with E-state index >= 15 is 0 Å². The Bertz CT molecular complexity index is 1100. The molecule has 0 radical (unpaired) electrons. The van der Waals surface area contributed by atoms with Crippen LogP contribution < -0.4 is 20.1 Å². The highest BCUT2D eigenvalue weighted by Crippen LogP contribution is 2.30. The van der Waals surface area contributed by atoms with Gasteiger partial charge in [0.1, 0.15) is 11.5 Å². The Morgan fingerprint density at radius 2 is 1.91 bits per heavy atom. The van der Waals surface area contributed by atoms with Crippen LogP contribution in [-0.4, -0.2) is 74.1 Å². The van der Waals surface area contributed by atoms with Gasteiger partial charge in [-0.05, 0) is 25.0 Å². The molecule has 2 N–H and O–H groups in total. The summed E-state index contributed by atoms with van der Waals surface area (Å²) >= 11 is 2.36. The van der Waals surface area contributed by atoms with Crippen LogP contribution >= 0.6 is 23.1 Å². The molecule has 0 bridgehead atoms. The number of benzene rings is 1. The highest BCUT2D eigenvalue weighted by atomic mass is 32.2. The van der Waals surface area contributed by atoms with Crippen molar-refractivity contribution >= 4 is 55.8 Å². The third-order valence-electron chi connectivity index (χ3n) is 4.94. The summed E-state index contributed by atoms with van der Waals surface area (Å²) in [5.41, 5.74) is 0.495. The van der Waals surface area contributed by atoms with E-state index in [0.29, 0.717) is 52.6 Å². The molecule has 1 aliphatic heterocycles. The lowest BCUT2D eigenvalue weighted by molar-refractivity contribution is -0.121.